The summed E-state index contributed by atoms with van der Waals surface area (Å²) in [5.41, 5.74) is 2.18. The number of rotatable bonds is 3. The van der Waals surface area contributed by atoms with E-state index in [1.165, 1.54) is 37.7 Å². The average Bonchev–Trinajstić information content (AvgIpc) is 3.52. The van der Waals surface area contributed by atoms with Crippen LogP contribution in [-0.2, 0) is 4.79 Å². The highest BCUT2D eigenvalue weighted by atomic mass is 79.9. The van der Waals surface area contributed by atoms with E-state index in [1.54, 1.807) is 9.42 Å². The van der Waals surface area contributed by atoms with Gasteiger partial charge in [-0.25, -0.2) is 4.52 Å². The number of carbonyl (C=O) groups is 2. The van der Waals surface area contributed by atoms with Gasteiger partial charge >= 0.3 is 0 Å². The van der Waals surface area contributed by atoms with E-state index in [0.29, 0.717) is 30.1 Å². The number of hydrogen-bond donors (Lipinski definition) is 0. The molecule has 0 aromatic carbocycles. The minimum Gasteiger partial charge on any atom is -0.336 e. The van der Waals surface area contributed by atoms with Gasteiger partial charge in [-0.1, -0.05) is 30.9 Å². The number of nitrogens with zero attached hydrogens (tertiary/aromatic N) is 4. The Bertz CT molecular complexity index is 981. The molecule has 0 unspecified atom stereocenters. The molecule has 3 fully saturated rings. The van der Waals surface area contributed by atoms with Crippen molar-refractivity contribution < 1.29 is 9.59 Å². The number of fused-ring (bicyclic) bond motifs is 1. The van der Waals surface area contributed by atoms with Crippen molar-refractivity contribution in [2.45, 2.75) is 56.9 Å². The van der Waals surface area contributed by atoms with Gasteiger partial charge in [0.15, 0.2) is 5.69 Å². The molecule has 8 heteroatoms. The van der Waals surface area contributed by atoms with E-state index in [1.807, 2.05) is 11.0 Å². The van der Waals surface area contributed by atoms with Crippen molar-refractivity contribution in [2.24, 2.45) is 0 Å². The Labute approximate surface area is 183 Å². The molecule has 0 atom stereocenters. The Morgan fingerprint density at radius 1 is 1.10 bits per heavy atom. The number of aromatic nitrogens is 2. The van der Waals surface area contributed by atoms with Crippen LogP contribution in [-0.4, -0.2) is 56.9 Å². The quantitative estimate of drug-likeness (QED) is 0.619. The van der Waals surface area contributed by atoms with E-state index >= 15 is 0 Å². The standard InChI is InChI=1S/C21H24BrClN4O2/c22-17-11-14(13-6-7-13)10-16-19(23)20(24-27(16)17)21(29)25-8-9-26(18(28)12-25)15-4-2-1-3-5-15/h10-11,13,15H,1-9,12H2. The van der Waals surface area contributed by atoms with Crippen molar-refractivity contribution in [3.05, 3.63) is 33.0 Å². The predicted octanol–water partition coefficient (Wildman–Crippen LogP) is 4.24. The van der Waals surface area contributed by atoms with Crippen LogP contribution in [0.4, 0.5) is 0 Å². The molecule has 0 spiro atoms. The summed E-state index contributed by atoms with van der Waals surface area (Å²) >= 11 is 10.1. The van der Waals surface area contributed by atoms with Crippen molar-refractivity contribution in [1.82, 2.24) is 19.4 Å². The molecule has 2 aliphatic carbocycles. The SMILES string of the molecule is O=C(c1nn2c(Br)cc(C3CC3)cc2c1Cl)N1CCN(C2CCCCC2)C(=O)C1. The highest BCUT2D eigenvalue weighted by molar-refractivity contribution is 9.10. The van der Waals surface area contributed by atoms with Gasteiger partial charge in [0.25, 0.3) is 5.91 Å². The van der Waals surface area contributed by atoms with Gasteiger partial charge in [-0.15, -0.1) is 0 Å². The highest BCUT2D eigenvalue weighted by Crippen LogP contribution is 2.42. The van der Waals surface area contributed by atoms with E-state index in [0.717, 1.165) is 23.0 Å². The van der Waals surface area contributed by atoms with Crippen LogP contribution in [0.15, 0.2) is 16.7 Å². The van der Waals surface area contributed by atoms with Gasteiger partial charge in [-0.2, -0.15) is 5.10 Å². The van der Waals surface area contributed by atoms with E-state index in [9.17, 15) is 9.59 Å². The molecule has 2 amide bonds. The number of halogens is 2. The monoisotopic (exact) mass is 478 g/mol. The van der Waals surface area contributed by atoms with Gasteiger partial charge in [0.1, 0.15) is 11.1 Å². The molecule has 1 saturated heterocycles. The van der Waals surface area contributed by atoms with Crippen LogP contribution in [0.5, 0.6) is 0 Å². The molecule has 2 saturated carbocycles. The van der Waals surface area contributed by atoms with Crippen molar-refractivity contribution in [1.29, 1.82) is 0 Å². The third kappa shape index (κ3) is 3.56. The van der Waals surface area contributed by atoms with Gasteiger partial charge in [-0.05, 0) is 65.2 Å². The second-order valence-electron chi connectivity index (χ2n) is 8.45. The third-order valence-electron chi connectivity index (χ3n) is 6.46. The topological polar surface area (TPSA) is 57.9 Å². The largest absolute Gasteiger partial charge is 0.336 e. The zero-order valence-electron chi connectivity index (χ0n) is 16.2. The summed E-state index contributed by atoms with van der Waals surface area (Å²) in [6, 6.07) is 4.42. The molecule has 0 N–H and O–H groups in total. The summed E-state index contributed by atoms with van der Waals surface area (Å²) in [5.74, 6) is 0.343. The lowest BCUT2D eigenvalue weighted by molar-refractivity contribution is -0.138. The van der Waals surface area contributed by atoms with Crippen LogP contribution in [0.25, 0.3) is 5.52 Å². The lowest BCUT2D eigenvalue weighted by Crippen LogP contribution is -2.55. The second-order valence-corrected chi connectivity index (χ2v) is 9.64. The number of carbonyl (C=O) groups excluding carboxylic acids is 2. The van der Waals surface area contributed by atoms with Gasteiger partial charge in [0.05, 0.1) is 10.5 Å². The third-order valence-corrected chi connectivity index (χ3v) is 7.40. The Morgan fingerprint density at radius 2 is 1.86 bits per heavy atom. The minimum atomic E-state index is -0.268. The summed E-state index contributed by atoms with van der Waals surface area (Å²) in [5, 5.41) is 4.82. The fraction of sp³-hybridized carbons (Fsp3) is 0.571. The van der Waals surface area contributed by atoms with Crippen LogP contribution in [0.3, 0.4) is 0 Å². The number of amides is 2. The Hall–Kier alpha value is -1.60. The average molecular weight is 480 g/mol. The molecule has 154 valence electrons. The van der Waals surface area contributed by atoms with Crippen molar-refractivity contribution in [3.8, 4) is 0 Å². The Morgan fingerprint density at radius 3 is 2.55 bits per heavy atom. The van der Waals surface area contributed by atoms with Crippen molar-refractivity contribution >= 4 is 44.9 Å². The highest BCUT2D eigenvalue weighted by Gasteiger charge is 2.34. The summed E-state index contributed by atoms with van der Waals surface area (Å²) < 4.78 is 2.46. The predicted molar refractivity (Wildman–Crippen MR) is 114 cm³/mol. The first-order valence-electron chi connectivity index (χ1n) is 10.5. The zero-order chi connectivity index (χ0) is 20.1. The summed E-state index contributed by atoms with van der Waals surface area (Å²) in [4.78, 5) is 29.5. The van der Waals surface area contributed by atoms with Crippen LogP contribution in [0.2, 0.25) is 5.02 Å². The zero-order valence-corrected chi connectivity index (χ0v) is 18.6. The molecule has 1 aliphatic heterocycles. The molecule has 2 aromatic heterocycles. The van der Waals surface area contributed by atoms with E-state index < -0.39 is 0 Å². The van der Waals surface area contributed by atoms with E-state index in [4.69, 9.17) is 11.6 Å². The first-order chi connectivity index (χ1) is 14.0. The first kappa shape index (κ1) is 19.4. The van der Waals surface area contributed by atoms with Crippen molar-refractivity contribution in [3.63, 3.8) is 0 Å². The van der Waals surface area contributed by atoms with Crippen LogP contribution < -0.4 is 0 Å². The van der Waals surface area contributed by atoms with E-state index in [-0.39, 0.29) is 24.1 Å². The minimum absolute atomic E-state index is 0.0357. The molecular weight excluding hydrogens is 456 g/mol. The fourth-order valence-corrected chi connectivity index (χ4v) is 5.46. The molecule has 0 bridgehead atoms. The molecule has 2 aromatic rings. The molecule has 6 nitrogen and oxygen atoms in total. The lowest BCUT2D eigenvalue weighted by Gasteiger charge is -2.40. The number of hydrogen-bond acceptors (Lipinski definition) is 3. The van der Waals surface area contributed by atoms with Gasteiger partial charge in [0, 0.05) is 19.1 Å². The molecule has 3 aliphatic rings. The van der Waals surface area contributed by atoms with Gasteiger partial charge < -0.3 is 9.80 Å². The molecule has 5 rings (SSSR count). The van der Waals surface area contributed by atoms with Crippen molar-refractivity contribution in [2.75, 3.05) is 19.6 Å². The summed E-state index contributed by atoms with van der Waals surface area (Å²) in [7, 11) is 0. The molecule has 29 heavy (non-hydrogen) atoms. The smallest absolute Gasteiger partial charge is 0.276 e. The summed E-state index contributed by atoms with van der Waals surface area (Å²) in [6.45, 7) is 1.23. The van der Waals surface area contributed by atoms with Crippen LogP contribution in [0, 0.1) is 0 Å². The Balaban J connectivity index is 1.37. The maximum Gasteiger partial charge on any atom is 0.276 e. The van der Waals surface area contributed by atoms with Crippen LogP contribution >= 0.6 is 27.5 Å². The Kier molecular flexibility index (Phi) is 5.06. The fourth-order valence-electron chi connectivity index (χ4n) is 4.67. The normalized spacial score (nSPS) is 21.2. The molecule has 0 radical (unpaired) electrons. The van der Waals surface area contributed by atoms with Gasteiger partial charge in [0.2, 0.25) is 5.91 Å². The second kappa shape index (κ2) is 7.58. The van der Waals surface area contributed by atoms with Gasteiger partial charge in [-0.3, -0.25) is 9.59 Å². The maximum absolute atomic E-state index is 13.1. The lowest BCUT2D eigenvalue weighted by atomic mass is 9.93. The summed E-state index contributed by atoms with van der Waals surface area (Å²) in [6.07, 6.45) is 8.16. The maximum atomic E-state index is 13.1. The van der Waals surface area contributed by atoms with Crippen LogP contribution in [0.1, 0.15) is 66.9 Å². The molecular formula is C21H24BrClN4O2. The number of piperazine rings is 1. The number of pyridine rings is 1. The molecule has 3 heterocycles. The first-order valence-corrected chi connectivity index (χ1v) is 11.7. The van der Waals surface area contributed by atoms with E-state index in [2.05, 4.69) is 27.1 Å².